The smallest absolute Gasteiger partial charge is 0.173 e. The van der Waals surface area contributed by atoms with Gasteiger partial charge in [-0.05, 0) is 25.8 Å². The molecule has 0 bridgehead atoms. The molecule has 16 heavy (non-hydrogen) atoms. The van der Waals surface area contributed by atoms with E-state index in [1.54, 1.807) is 6.08 Å². The molecule has 0 aromatic rings. The largest absolute Gasteiger partial charge is 0.305 e. The van der Waals surface area contributed by atoms with Crippen LogP contribution in [0.1, 0.15) is 19.3 Å². The van der Waals surface area contributed by atoms with Crippen LogP contribution in [0.3, 0.4) is 0 Å². The summed E-state index contributed by atoms with van der Waals surface area (Å²) in [6, 6.07) is 1.18. The van der Waals surface area contributed by atoms with E-state index in [2.05, 4.69) is 10.2 Å². The lowest BCUT2D eigenvalue weighted by Gasteiger charge is -2.23. The van der Waals surface area contributed by atoms with Gasteiger partial charge in [0.15, 0.2) is 9.84 Å². The number of nitrogens with one attached hydrogen (secondary N) is 1. The van der Waals surface area contributed by atoms with Crippen LogP contribution in [0.2, 0.25) is 0 Å². The van der Waals surface area contributed by atoms with Crippen molar-refractivity contribution in [3.63, 3.8) is 0 Å². The first-order valence-corrected chi connectivity index (χ1v) is 7.77. The molecule has 4 nitrogen and oxygen atoms in total. The Morgan fingerprint density at radius 1 is 1.25 bits per heavy atom. The molecule has 90 valence electrons. The summed E-state index contributed by atoms with van der Waals surface area (Å²) in [5, 5.41) is 4.85. The fourth-order valence-electron chi connectivity index (χ4n) is 3.23. The third kappa shape index (κ3) is 1.92. The number of fused-ring (bicyclic) bond motifs is 1. The molecule has 3 unspecified atom stereocenters. The Kier molecular flexibility index (Phi) is 2.57. The molecule has 0 saturated carbocycles. The van der Waals surface area contributed by atoms with E-state index in [0.717, 1.165) is 6.42 Å². The van der Waals surface area contributed by atoms with E-state index in [4.69, 9.17) is 0 Å². The Morgan fingerprint density at radius 3 is 2.88 bits per heavy atom. The van der Waals surface area contributed by atoms with E-state index in [-0.39, 0.29) is 11.8 Å². The van der Waals surface area contributed by atoms with Crippen LogP contribution < -0.4 is 5.32 Å². The summed E-state index contributed by atoms with van der Waals surface area (Å²) in [6.07, 6.45) is 5.52. The summed E-state index contributed by atoms with van der Waals surface area (Å²) in [6.45, 7) is 2.40. The summed E-state index contributed by atoms with van der Waals surface area (Å²) in [7, 11) is -2.92. The molecule has 2 fully saturated rings. The molecule has 3 rings (SSSR count). The molecular weight excluding hydrogens is 224 g/mol. The molecule has 3 aliphatic rings. The zero-order valence-corrected chi connectivity index (χ0v) is 10.1. The van der Waals surface area contributed by atoms with Crippen molar-refractivity contribution in [1.29, 1.82) is 0 Å². The van der Waals surface area contributed by atoms with Crippen molar-refractivity contribution in [3.05, 3.63) is 11.5 Å². The lowest BCUT2D eigenvalue weighted by Crippen LogP contribution is -2.44. The average Bonchev–Trinajstić information content (AvgIpc) is 2.84. The average molecular weight is 242 g/mol. The van der Waals surface area contributed by atoms with Gasteiger partial charge in [0.2, 0.25) is 0 Å². The van der Waals surface area contributed by atoms with Gasteiger partial charge < -0.3 is 5.32 Å². The van der Waals surface area contributed by atoms with Crippen LogP contribution >= 0.6 is 0 Å². The second-order valence-corrected chi connectivity index (χ2v) is 7.00. The zero-order valence-electron chi connectivity index (χ0n) is 9.30. The van der Waals surface area contributed by atoms with Crippen LogP contribution in [0.4, 0.5) is 0 Å². The Labute approximate surface area is 96.6 Å². The van der Waals surface area contributed by atoms with Gasteiger partial charge in [-0.25, -0.2) is 8.42 Å². The third-order valence-corrected chi connectivity index (χ3v) is 5.36. The van der Waals surface area contributed by atoms with Crippen molar-refractivity contribution in [2.75, 3.05) is 18.8 Å². The van der Waals surface area contributed by atoms with E-state index < -0.39 is 9.84 Å². The molecule has 0 radical (unpaired) electrons. The fraction of sp³-hybridized carbons (Fsp3) is 0.818. The molecule has 3 heterocycles. The minimum atomic E-state index is -2.92. The van der Waals surface area contributed by atoms with Gasteiger partial charge in [0.25, 0.3) is 0 Å². The van der Waals surface area contributed by atoms with Crippen molar-refractivity contribution in [2.45, 2.75) is 37.4 Å². The summed E-state index contributed by atoms with van der Waals surface area (Å²) in [4.78, 5) is 2.53. The highest BCUT2D eigenvalue weighted by Gasteiger charge is 2.38. The summed E-state index contributed by atoms with van der Waals surface area (Å²) >= 11 is 0. The molecule has 2 saturated heterocycles. The lowest BCUT2D eigenvalue weighted by molar-refractivity contribution is 0.296. The highest BCUT2D eigenvalue weighted by atomic mass is 32.2. The number of nitrogens with zero attached hydrogens (tertiary/aromatic N) is 1. The minimum Gasteiger partial charge on any atom is -0.305 e. The fourth-order valence-corrected chi connectivity index (χ4v) is 4.48. The number of hydrogen-bond donors (Lipinski definition) is 1. The first-order valence-electron chi connectivity index (χ1n) is 6.05. The topological polar surface area (TPSA) is 49.4 Å². The Balaban J connectivity index is 1.62. The molecule has 3 atom stereocenters. The SMILES string of the molecule is O=S1(=O)C=CC(NC2CCN3CCCC23)C1. The molecule has 0 amide bonds. The van der Waals surface area contributed by atoms with Crippen molar-refractivity contribution >= 4 is 9.84 Å². The first kappa shape index (κ1) is 10.7. The molecule has 5 heteroatoms. The van der Waals surface area contributed by atoms with Crippen molar-refractivity contribution < 1.29 is 8.42 Å². The van der Waals surface area contributed by atoms with Crippen LogP contribution in [-0.2, 0) is 9.84 Å². The summed E-state index contributed by atoms with van der Waals surface area (Å²) < 4.78 is 22.6. The maximum atomic E-state index is 11.3. The Bertz CT molecular complexity index is 404. The van der Waals surface area contributed by atoms with Gasteiger partial charge in [-0.2, -0.15) is 0 Å². The molecule has 0 aromatic carbocycles. The first-order chi connectivity index (χ1) is 7.64. The van der Waals surface area contributed by atoms with Gasteiger partial charge >= 0.3 is 0 Å². The molecule has 3 aliphatic heterocycles. The highest BCUT2D eigenvalue weighted by molar-refractivity contribution is 7.94. The molecule has 1 N–H and O–H groups in total. The summed E-state index contributed by atoms with van der Waals surface area (Å²) in [5.74, 6) is 0.246. The second-order valence-electron chi connectivity index (χ2n) is 5.07. The van der Waals surface area contributed by atoms with E-state index in [9.17, 15) is 8.42 Å². The van der Waals surface area contributed by atoms with E-state index >= 15 is 0 Å². The van der Waals surface area contributed by atoms with Gasteiger partial charge in [0.05, 0.1) is 5.75 Å². The van der Waals surface area contributed by atoms with Gasteiger partial charge in [0.1, 0.15) is 0 Å². The van der Waals surface area contributed by atoms with Crippen molar-refractivity contribution in [2.24, 2.45) is 0 Å². The zero-order chi connectivity index (χ0) is 11.2. The van der Waals surface area contributed by atoms with E-state index in [1.807, 2.05) is 0 Å². The maximum Gasteiger partial charge on any atom is 0.173 e. The minimum absolute atomic E-state index is 0.0375. The van der Waals surface area contributed by atoms with Gasteiger partial charge in [-0.1, -0.05) is 6.08 Å². The van der Waals surface area contributed by atoms with Crippen molar-refractivity contribution in [1.82, 2.24) is 10.2 Å². The molecular formula is C11H18N2O2S. The summed E-state index contributed by atoms with van der Waals surface area (Å²) in [5.41, 5.74) is 0. The number of hydrogen-bond acceptors (Lipinski definition) is 4. The van der Waals surface area contributed by atoms with Crippen molar-refractivity contribution in [3.8, 4) is 0 Å². The quantitative estimate of drug-likeness (QED) is 0.747. The standard InChI is InChI=1S/C11H18N2O2S/c14-16(15)7-4-9(8-16)12-10-3-6-13-5-1-2-11(10)13/h4,7,9-12H,1-3,5-6,8H2. The predicted octanol–water partition coefficient (Wildman–Crippen LogP) is 0.123. The third-order valence-electron chi connectivity index (χ3n) is 3.96. The van der Waals surface area contributed by atoms with Crippen LogP contribution in [0.25, 0.3) is 0 Å². The van der Waals surface area contributed by atoms with E-state index in [0.29, 0.717) is 12.1 Å². The van der Waals surface area contributed by atoms with Crippen LogP contribution in [-0.4, -0.2) is 50.3 Å². The highest BCUT2D eigenvalue weighted by Crippen LogP contribution is 2.28. The van der Waals surface area contributed by atoms with Gasteiger partial charge in [-0.15, -0.1) is 0 Å². The van der Waals surface area contributed by atoms with E-state index in [1.165, 1.54) is 31.3 Å². The lowest BCUT2D eigenvalue weighted by atomic mass is 10.1. The Morgan fingerprint density at radius 2 is 2.12 bits per heavy atom. The van der Waals surface area contributed by atoms with Crippen LogP contribution in [0.5, 0.6) is 0 Å². The van der Waals surface area contributed by atoms with Crippen LogP contribution in [0.15, 0.2) is 11.5 Å². The van der Waals surface area contributed by atoms with Gasteiger partial charge in [0, 0.05) is 30.1 Å². The Hall–Kier alpha value is -0.390. The number of sulfone groups is 1. The second kappa shape index (κ2) is 3.82. The predicted molar refractivity (Wildman–Crippen MR) is 62.9 cm³/mol. The number of rotatable bonds is 2. The van der Waals surface area contributed by atoms with Crippen LogP contribution in [0, 0.1) is 0 Å². The molecule has 0 aliphatic carbocycles. The normalized spacial score (nSPS) is 41.6. The maximum absolute atomic E-state index is 11.3. The molecule has 0 aromatic heterocycles. The monoisotopic (exact) mass is 242 g/mol. The molecule has 0 spiro atoms. The van der Waals surface area contributed by atoms with Gasteiger partial charge in [-0.3, -0.25) is 4.90 Å².